The molecule has 0 fully saturated rings. The molecule has 0 aliphatic rings. The Morgan fingerprint density at radius 1 is 1.11 bits per heavy atom. The minimum atomic E-state index is -0.154. The first-order chi connectivity index (χ1) is 8.90. The number of hydrogen-bond donors (Lipinski definition) is 1. The molecule has 0 aliphatic heterocycles. The molecule has 1 aromatic carbocycles. The van der Waals surface area contributed by atoms with Gasteiger partial charge in [-0.2, -0.15) is 0 Å². The molecular formula is C16H25ClFN. The van der Waals surface area contributed by atoms with Gasteiger partial charge in [-0.3, -0.25) is 0 Å². The Morgan fingerprint density at radius 2 is 1.79 bits per heavy atom. The second kappa shape index (κ2) is 7.86. The van der Waals surface area contributed by atoms with Crippen LogP contribution >= 0.6 is 11.6 Å². The van der Waals surface area contributed by atoms with E-state index < -0.39 is 0 Å². The number of rotatable bonds is 7. The van der Waals surface area contributed by atoms with Crippen LogP contribution < -0.4 is 5.32 Å². The van der Waals surface area contributed by atoms with Gasteiger partial charge in [-0.25, -0.2) is 4.39 Å². The van der Waals surface area contributed by atoms with Gasteiger partial charge in [0.05, 0.1) is 0 Å². The molecule has 0 radical (unpaired) electrons. The molecule has 19 heavy (non-hydrogen) atoms. The van der Waals surface area contributed by atoms with Gasteiger partial charge in [0.25, 0.3) is 0 Å². The van der Waals surface area contributed by atoms with Gasteiger partial charge in [-0.05, 0) is 61.0 Å². The van der Waals surface area contributed by atoms with Crippen LogP contribution in [0.3, 0.4) is 0 Å². The monoisotopic (exact) mass is 285 g/mol. The van der Waals surface area contributed by atoms with Crippen molar-refractivity contribution in [2.45, 2.75) is 34.1 Å². The molecule has 0 saturated heterocycles. The third-order valence-electron chi connectivity index (χ3n) is 3.54. The van der Waals surface area contributed by atoms with Gasteiger partial charge in [0.1, 0.15) is 5.82 Å². The zero-order valence-corrected chi connectivity index (χ0v) is 13.1. The first-order valence-electron chi connectivity index (χ1n) is 7.04. The summed E-state index contributed by atoms with van der Waals surface area (Å²) in [5, 5.41) is 4.06. The zero-order chi connectivity index (χ0) is 14.4. The molecule has 0 aromatic heterocycles. The minimum absolute atomic E-state index is 0.154. The van der Waals surface area contributed by atoms with Crippen LogP contribution in [0.5, 0.6) is 0 Å². The van der Waals surface area contributed by atoms with Crippen molar-refractivity contribution in [3.8, 4) is 0 Å². The van der Waals surface area contributed by atoms with E-state index in [1.54, 1.807) is 12.1 Å². The first kappa shape index (κ1) is 16.5. The van der Waals surface area contributed by atoms with Crippen LogP contribution in [0, 0.1) is 23.6 Å². The van der Waals surface area contributed by atoms with Crippen molar-refractivity contribution < 1.29 is 4.39 Å². The average Bonchev–Trinajstić information content (AvgIpc) is 2.33. The first-order valence-corrected chi connectivity index (χ1v) is 7.42. The fraction of sp³-hybridized carbons (Fsp3) is 0.625. The largest absolute Gasteiger partial charge is 0.316 e. The second-order valence-electron chi connectivity index (χ2n) is 5.95. The highest BCUT2D eigenvalue weighted by molar-refractivity contribution is 6.30. The van der Waals surface area contributed by atoms with Gasteiger partial charge in [0.15, 0.2) is 0 Å². The van der Waals surface area contributed by atoms with Crippen LogP contribution in [0.2, 0.25) is 5.02 Å². The maximum absolute atomic E-state index is 13.7. The van der Waals surface area contributed by atoms with Crippen molar-refractivity contribution in [2.75, 3.05) is 13.1 Å². The summed E-state index contributed by atoms with van der Waals surface area (Å²) < 4.78 is 13.7. The molecule has 1 aromatic rings. The summed E-state index contributed by atoms with van der Waals surface area (Å²) >= 11 is 5.92. The summed E-state index contributed by atoms with van der Waals surface area (Å²) in [4.78, 5) is 0. The zero-order valence-electron chi connectivity index (χ0n) is 12.3. The molecule has 2 unspecified atom stereocenters. The van der Waals surface area contributed by atoms with Crippen molar-refractivity contribution in [1.29, 1.82) is 0 Å². The van der Waals surface area contributed by atoms with E-state index in [2.05, 4.69) is 33.0 Å². The maximum atomic E-state index is 13.7. The summed E-state index contributed by atoms with van der Waals surface area (Å²) in [5.41, 5.74) is 0.718. The number of hydrogen-bond acceptors (Lipinski definition) is 1. The molecule has 0 amide bonds. The Balaban J connectivity index is 2.49. The van der Waals surface area contributed by atoms with Gasteiger partial charge >= 0.3 is 0 Å². The lowest BCUT2D eigenvalue weighted by Crippen LogP contribution is -2.29. The van der Waals surface area contributed by atoms with Gasteiger partial charge in [-0.1, -0.05) is 39.3 Å². The lowest BCUT2D eigenvalue weighted by Gasteiger charge is -2.21. The second-order valence-corrected chi connectivity index (χ2v) is 6.38. The standard InChI is InChI=1S/C16H25ClFN/c1-11(2)9-19-10-13(4)12(3)7-14-8-15(17)5-6-16(14)18/h5-6,8,11-13,19H,7,9-10H2,1-4H3. The van der Waals surface area contributed by atoms with E-state index in [4.69, 9.17) is 11.6 Å². The normalized spacial score (nSPS) is 14.7. The van der Waals surface area contributed by atoms with Gasteiger partial charge < -0.3 is 5.32 Å². The molecule has 1 nitrogen and oxygen atoms in total. The third-order valence-corrected chi connectivity index (χ3v) is 3.78. The summed E-state index contributed by atoms with van der Waals surface area (Å²) in [7, 11) is 0. The van der Waals surface area contributed by atoms with E-state index in [-0.39, 0.29) is 5.82 Å². The summed E-state index contributed by atoms with van der Waals surface area (Å²) in [6, 6.07) is 4.78. The average molecular weight is 286 g/mol. The minimum Gasteiger partial charge on any atom is -0.316 e. The summed E-state index contributed by atoms with van der Waals surface area (Å²) in [6.45, 7) is 10.8. The molecule has 1 rings (SSSR count). The fourth-order valence-corrected chi connectivity index (χ4v) is 2.24. The smallest absolute Gasteiger partial charge is 0.126 e. The summed E-state index contributed by atoms with van der Waals surface area (Å²) in [6.07, 6.45) is 0.733. The highest BCUT2D eigenvalue weighted by Gasteiger charge is 2.15. The molecule has 0 aliphatic carbocycles. The van der Waals surface area contributed by atoms with Gasteiger partial charge in [0.2, 0.25) is 0 Å². The van der Waals surface area contributed by atoms with E-state index >= 15 is 0 Å². The predicted octanol–water partition coefficient (Wildman–Crippen LogP) is 4.54. The van der Waals surface area contributed by atoms with E-state index in [0.29, 0.717) is 22.8 Å². The summed E-state index contributed by atoms with van der Waals surface area (Å²) in [5.74, 6) is 1.44. The number of benzene rings is 1. The molecule has 3 heteroatoms. The van der Waals surface area contributed by atoms with Crippen molar-refractivity contribution in [1.82, 2.24) is 5.32 Å². The Bertz CT molecular complexity index is 392. The SMILES string of the molecule is CC(C)CNCC(C)C(C)Cc1cc(Cl)ccc1F. The fourth-order valence-electron chi connectivity index (χ4n) is 2.05. The highest BCUT2D eigenvalue weighted by Crippen LogP contribution is 2.21. The highest BCUT2D eigenvalue weighted by atomic mass is 35.5. The Hall–Kier alpha value is -0.600. The predicted molar refractivity (Wildman–Crippen MR) is 81.1 cm³/mol. The molecule has 0 bridgehead atoms. The van der Waals surface area contributed by atoms with Crippen molar-refractivity contribution in [3.05, 3.63) is 34.6 Å². The van der Waals surface area contributed by atoms with Crippen molar-refractivity contribution in [3.63, 3.8) is 0 Å². The third kappa shape index (κ3) is 5.92. The van der Waals surface area contributed by atoms with Crippen LogP contribution in [-0.2, 0) is 6.42 Å². The molecule has 1 N–H and O–H groups in total. The van der Waals surface area contributed by atoms with Crippen LogP contribution in [-0.4, -0.2) is 13.1 Å². The van der Waals surface area contributed by atoms with Crippen LogP contribution in [0.25, 0.3) is 0 Å². The lowest BCUT2D eigenvalue weighted by atomic mass is 9.89. The molecular weight excluding hydrogens is 261 g/mol. The van der Waals surface area contributed by atoms with Crippen LogP contribution in [0.15, 0.2) is 18.2 Å². The molecule has 108 valence electrons. The van der Waals surface area contributed by atoms with E-state index in [1.165, 1.54) is 6.07 Å². The quantitative estimate of drug-likeness (QED) is 0.775. The Morgan fingerprint density at radius 3 is 2.42 bits per heavy atom. The molecule has 0 spiro atoms. The van der Waals surface area contributed by atoms with Crippen LogP contribution in [0.4, 0.5) is 4.39 Å². The molecule has 2 atom stereocenters. The van der Waals surface area contributed by atoms with Gasteiger partial charge in [-0.15, -0.1) is 0 Å². The van der Waals surface area contributed by atoms with Crippen LogP contribution in [0.1, 0.15) is 33.3 Å². The lowest BCUT2D eigenvalue weighted by molar-refractivity contribution is 0.354. The topological polar surface area (TPSA) is 12.0 Å². The van der Waals surface area contributed by atoms with Crippen molar-refractivity contribution in [2.24, 2.45) is 17.8 Å². The Kier molecular flexibility index (Phi) is 6.81. The Labute approximate surface area is 121 Å². The van der Waals surface area contributed by atoms with Gasteiger partial charge in [0, 0.05) is 5.02 Å². The van der Waals surface area contributed by atoms with Crippen molar-refractivity contribution >= 4 is 11.6 Å². The van der Waals surface area contributed by atoms with E-state index in [0.717, 1.165) is 25.1 Å². The molecule has 0 saturated carbocycles. The maximum Gasteiger partial charge on any atom is 0.126 e. The van der Waals surface area contributed by atoms with E-state index in [1.807, 2.05) is 0 Å². The number of nitrogens with one attached hydrogen (secondary N) is 1. The molecule has 0 heterocycles. The number of halogens is 2. The van der Waals surface area contributed by atoms with E-state index in [9.17, 15) is 4.39 Å².